The number of hydrogen-bond acceptors (Lipinski definition) is 5. The molecule has 0 aliphatic carbocycles. The minimum absolute atomic E-state index is 0.0394. The van der Waals surface area contributed by atoms with Gasteiger partial charge in [-0.1, -0.05) is 0 Å². The molecule has 5 nitrogen and oxygen atoms in total. The second-order valence-corrected chi connectivity index (χ2v) is 4.33. The predicted octanol–water partition coefficient (Wildman–Crippen LogP) is 1.68. The van der Waals surface area contributed by atoms with Crippen LogP contribution >= 0.6 is 0 Å². The van der Waals surface area contributed by atoms with Crippen molar-refractivity contribution in [3.05, 3.63) is 17.8 Å². The Labute approximate surface area is 100 Å². The van der Waals surface area contributed by atoms with Crippen LogP contribution in [-0.2, 0) is 4.74 Å². The smallest absolute Gasteiger partial charge is 0.251 e. The maximum absolute atomic E-state index is 8.93. The molecule has 1 aliphatic heterocycles. The minimum atomic E-state index is 0.0394. The summed E-state index contributed by atoms with van der Waals surface area (Å²) in [5.41, 5.74) is 0.423. The van der Waals surface area contributed by atoms with Gasteiger partial charge in [0, 0.05) is 12.8 Å². The fourth-order valence-electron chi connectivity index (χ4n) is 2.09. The molecule has 0 amide bonds. The molecule has 0 aromatic carbocycles. The van der Waals surface area contributed by atoms with E-state index in [1.165, 1.54) is 6.20 Å². The van der Waals surface area contributed by atoms with Crippen molar-refractivity contribution < 1.29 is 9.47 Å². The molecule has 2 heterocycles. The zero-order valence-corrected chi connectivity index (χ0v) is 9.96. The highest BCUT2D eigenvalue weighted by Gasteiger charge is 2.26. The molecule has 1 aliphatic rings. The summed E-state index contributed by atoms with van der Waals surface area (Å²) in [5.74, 6) is 0.321. The molecule has 5 heteroatoms. The van der Waals surface area contributed by atoms with Crippen molar-refractivity contribution >= 4 is 0 Å². The number of nitriles is 1. The van der Waals surface area contributed by atoms with E-state index in [-0.39, 0.29) is 18.3 Å². The van der Waals surface area contributed by atoms with Gasteiger partial charge >= 0.3 is 0 Å². The zero-order valence-electron chi connectivity index (χ0n) is 9.96. The third kappa shape index (κ3) is 2.92. The van der Waals surface area contributed by atoms with Crippen molar-refractivity contribution in [3.8, 4) is 11.9 Å². The summed E-state index contributed by atoms with van der Waals surface area (Å²) in [6, 6.07) is 3.65. The monoisotopic (exact) mass is 233 g/mol. The molecular weight excluding hydrogens is 218 g/mol. The molecule has 2 atom stereocenters. The van der Waals surface area contributed by atoms with Gasteiger partial charge in [0.15, 0.2) is 0 Å². The van der Waals surface area contributed by atoms with Crippen LogP contribution in [0.15, 0.2) is 12.3 Å². The van der Waals surface area contributed by atoms with Gasteiger partial charge in [0.05, 0.1) is 18.4 Å². The zero-order chi connectivity index (χ0) is 12.3. The van der Waals surface area contributed by atoms with Crippen molar-refractivity contribution in [1.29, 1.82) is 5.26 Å². The van der Waals surface area contributed by atoms with Crippen molar-refractivity contribution in [2.24, 2.45) is 0 Å². The highest BCUT2D eigenvalue weighted by atomic mass is 16.5. The lowest BCUT2D eigenvalue weighted by Crippen LogP contribution is -2.36. The Morgan fingerprint density at radius 1 is 1.41 bits per heavy atom. The molecule has 0 spiro atoms. The van der Waals surface area contributed by atoms with Crippen molar-refractivity contribution in [3.63, 3.8) is 0 Å². The molecule has 0 bridgehead atoms. The second kappa shape index (κ2) is 5.11. The van der Waals surface area contributed by atoms with E-state index in [0.29, 0.717) is 11.4 Å². The van der Waals surface area contributed by atoms with Crippen LogP contribution < -0.4 is 4.74 Å². The number of hydrogen-bond donors (Lipinski definition) is 0. The Hall–Kier alpha value is -1.67. The molecule has 1 fully saturated rings. The van der Waals surface area contributed by atoms with Gasteiger partial charge in [0.1, 0.15) is 17.7 Å². The maximum atomic E-state index is 8.93. The number of rotatable bonds is 2. The summed E-state index contributed by atoms with van der Waals surface area (Å²) in [6.45, 7) is 4.04. The van der Waals surface area contributed by atoms with E-state index in [4.69, 9.17) is 14.7 Å². The maximum Gasteiger partial charge on any atom is 0.251 e. The predicted molar refractivity (Wildman–Crippen MR) is 60.4 cm³/mol. The molecule has 1 saturated heterocycles. The summed E-state index contributed by atoms with van der Waals surface area (Å²) in [4.78, 5) is 0. The van der Waals surface area contributed by atoms with E-state index in [1.807, 2.05) is 19.9 Å². The van der Waals surface area contributed by atoms with Crippen LogP contribution in [0.3, 0.4) is 0 Å². The van der Waals surface area contributed by atoms with E-state index in [9.17, 15) is 0 Å². The Balaban J connectivity index is 2.08. The fourth-order valence-corrected chi connectivity index (χ4v) is 2.09. The van der Waals surface area contributed by atoms with Gasteiger partial charge in [-0.15, -0.1) is 5.10 Å². The molecule has 1 aromatic rings. The van der Waals surface area contributed by atoms with E-state index >= 15 is 0 Å². The summed E-state index contributed by atoms with van der Waals surface area (Å²) in [6.07, 6.45) is 3.49. The first-order valence-corrected chi connectivity index (χ1v) is 5.73. The van der Waals surface area contributed by atoms with Crippen LogP contribution in [0.4, 0.5) is 0 Å². The number of aromatic nitrogens is 2. The normalized spacial score (nSPS) is 28.4. The molecule has 17 heavy (non-hydrogen) atoms. The SMILES string of the molecule is CC1CC(Oc2nnccc2C#N)CC(C)O1. The average Bonchev–Trinajstić information content (AvgIpc) is 2.28. The third-order valence-corrected chi connectivity index (χ3v) is 2.74. The first kappa shape index (κ1) is 11.8. The van der Waals surface area contributed by atoms with E-state index in [2.05, 4.69) is 10.2 Å². The fraction of sp³-hybridized carbons (Fsp3) is 0.583. The van der Waals surface area contributed by atoms with Crippen LogP contribution in [-0.4, -0.2) is 28.5 Å². The largest absolute Gasteiger partial charge is 0.472 e. The number of ether oxygens (including phenoxy) is 2. The summed E-state index contributed by atoms with van der Waals surface area (Å²) in [7, 11) is 0. The molecule has 1 aromatic heterocycles. The quantitative estimate of drug-likeness (QED) is 0.777. The Kier molecular flexibility index (Phi) is 3.55. The van der Waals surface area contributed by atoms with Crippen LogP contribution in [0, 0.1) is 11.3 Å². The van der Waals surface area contributed by atoms with Crippen molar-refractivity contribution in [1.82, 2.24) is 10.2 Å². The van der Waals surface area contributed by atoms with Crippen LogP contribution in [0.5, 0.6) is 5.88 Å². The molecule has 2 unspecified atom stereocenters. The minimum Gasteiger partial charge on any atom is -0.472 e. The average molecular weight is 233 g/mol. The highest BCUT2D eigenvalue weighted by Crippen LogP contribution is 2.24. The standard InChI is InChI=1S/C12H15N3O2/c1-8-5-11(6-9(2)16-8)17-12-10(7-13)3-4-14-15-12/h3-4,8-9,11H,5-6H2,1-2H3. The van der Waals surface area contributed by atoms with Gasteiger partial charge in [-0.25, -0.2) is 0 Å². The lowest BCUT2D eigenvalue weighted by atomic mass is 10.0. The Bertz CT molecular complexity index is 420. The Morgan fingerprint density at radius 3 is 2.76 bits per heavy atom. The van der Waals surface area contributed by atoms with E-state index in [0.717, 1.165) is 12.8 Å². The molecule has 2 rings (SSSR count). The summed E-state index contributed by atoms with van der Waals surface area (Å²) < 4.78 is 11.4. The van der Waals surface area contributed by atoms with Crippen LogP contribution in [0.2, 0.25) is 0 Å². The molecule has 0 N–H and O–H groups in total. The highest BCUT2D eigenvalue weighted by molar-refractivity contribution is 5.35. The molecule has 0 radical (unpaired) electrons. The summed E-state index contributed by atoms with van der Waals surface area (Å²) in [5, 5.41) is 16.5. The lowest BCUT2D eigenvalue weighted by Gasteiger charge is -2.31. The lowest BCUT2D eigenvalue weighted by molar-refractivity contribution is -0.0731. The van der Waals surface area contributed by atoms with Gasteiger partial charge in [0.2, 0.25) is 0 Å². The van der Waals surface area contributed by atoms with Crippen molar-refractivity contribution in [2.75, 3.05) is 0 Å². The van der Waals surface area contributed by atoms with Gasteiger partial charge in [0.25, 0.3) is 5.88 Å². The Morgan fingerprint density at radius 2 is 2.12 bits per heavy atom. The van der Waals surface area contributed by atoms with Crippen LogP contribution in [0.25, 0.3) is 0 Å². The number of nitrogens with zero attached hydrogens (tertiary/aromatic N) is 3. The third-order valence-electron chi connectivity index (χ3n) is 2.74. The van der Waals surface area contributed by atoms with Gasteiger partial charge < -0.3 is 9.47 Å². The van der Waals surface area contributed by atoms with Gasteiger partial charge in [-0.05, 0) is 19.9 Å². The summed E-state index contributed by atoms with van der Waals surface area (Å²) >= 11 is 0. The molecular formula is C12H15N3O2. The first-order chi connectivity index (χ1) is 8.19. The van der Waals surface area contributed by atoms with Crippen LogP contribution in [0.1, 0.15) is 32.3 Å². The van der Waals surface area contributed by atoms with Gasteiger partial charge in [-0.2, -0.15) is 10.4 Å². The first-order valence-electron chi connectivity index (χ1n) is 5.73. The molecule has 90 valence electrons. The van der Waals surface area contributed by atoms with Gasteiger partial charge in [-0.3, -0.25) is 0 Å². The van der Waals surface area contributed by atoms with E-state index in [1.54, 1.807) is 6.07 Å². The van der Waals surface area contributed by atoms with E-state index < -0.39 is 0 Å². The van der Waals surface area contributed by atoms with Crippen molar-refractivity contribution in [2.45, 2.75) is 45.0 Å². The second-order valence-electron chi connectivity index (χ2n) is 4.33. The molecule has 0 saturated carbocycles. The topological polar surface area (TPSA) is 68.0 Å².